The molecular weight excluding hydrogens is 184 g/mol. The van der Waals surface area contributed by atoms with Crippen LogP contribution in [0, 0.1) is 0 Å². The van der Waals surface area contributed by atoms with Crippen LogP contribution in [0.5, 0.6) is 0 Å². The van der Waals surface area contributed by atoms with E-state index in [2.05, 4.69) is 35.7 Å². The zero-order valence-corrected chi connectivity index (χ0v) is 9.02. The Morgan fingerprint density at radius 2 is 2.13 bits per heavy atom. The summed E-state index contributed by atoms with van der Waals surface area (Å²) in [4.78, 5) is 2.41. The lowest BCUT2D eigenvalue weighted by atomic mass is 10.1. The first-order valence-electron chi connectivity index (χ1n) is 5.47. The predicted octanol–water partition coefficient (Wildman–Crippen LogP) is 1.86. The molecule has 1 atom stereocenters. The van der Waals surface area contributed by atoms with Crippen LogP contribution < -0.4 is 5.73 Å². The number of hydrogen-bond acceptors (Lipinski definition) is 2. The lowest BCUT2D eigenvalue weighted by Crippen LogP contribution is -2.26. The average molecular weight is 202 g/mol. The molecular formula is C13H18N2. The molecule has 2 heteroatoms. The second-order valence-electron chi connectivity index (χ2n) is 4.23. The van der Waals surface area contributed by atoms with E-state index in [1.807, 2.05) is 6.08 Å². The molecule has 1 aliphatic heterocycles. The minimum absolute atomic E-state index is 0.373. The number of nitrogens with zero attached hydrogens (tertiary/aromatic N) is 1. The highest BCUT2D eigenvalue weighted by Crippen LogP contribution is 2.13. The Balaban J connectivity index is 1.96. The average Bonchev–Trinajstić information content (AvgIpc) is 2.65. The van der Waals surface area contributed by atoms with E-state index in [1.165, 1.54) is 11.1 Å². The van der Waals surface area contributed by atoms with Crippen LogP contribution in [0.3, 0.4) is 0 Å². The number of hydrogen-bond donors (Lipinski definition) is 1. The van der Waals surface area contributed by atoms with Gasteiger partial charge in [-0.2, -0.15) is 0 Å². The van der Waals surface area contributed by atoms with Gasteiger partial charge in [-0.05, 0) is 17.5 Å². The summed E-state index contributed by atoms with van der Waals surface area (Å²) in [7, 11) is 0. The zero-order valence-electron chi connectivity index (χ0n) is 9.02. The zero-order chi connectivity index (χ0) is 10.7. The second kappa shape index (κ2) is 4.60. The van der Waals surface area contributed by atoms with Crippen molar-refractivity contribution in [1.29, 1.82) is 0 Å². The van der Waals surface area contributed by atoms with Crippen molar-refractivity contribution in [3.05, 3.63) is 42.0 Å². The van der Waals surface area contributed by atoms with Gasteiger partial charge in [-0.3, -0.25) is 4.90 Å². The van der Waals surface area contributed by atoms with Crippen molar-refractivity contribution in [3.8, 4) is 0 Å². The molecule has 1 heterocycles. The molecule has 1 aromatic carbocycles. The van der Waals surface area contributed by atoms with Crippen molar-refractivity contribution in [3.63, 3.8) is 0 Å². The fourth-order valence-electron chi connectivity index (χ4n) is 2.02. The third-order valence-corrected chi connectivity index (χ3v) is 2.93. The molecule has 0 bridgehead atoms. The van der Waals surface area contributed by atoms with Gasteiger partial charge in [-0.15, -0.1) is 0 Å². The van der Waals surface area contributed by atoms with E-state index in [0.717, 1.165) is 26.1 Å². The van der Waals surface area contributed by atoms with Crippen molar-refractivity contribution in [2.45, 2.75) is 19.0 Å². The first kappa shape index (κ1) is 10.4. The molecule has 2 rings (SSSR count). The molecule has 0 amide bonds. The first-order chi connectivity index (χ1) is 7.28. The number of rotatable bonds is 3. The van der Waals surface area contributed by atoms with E-state index in [1.54, 1.807) is 0 Å². The van der Waals surface area contributed by atoms with Crippen LogP contribution in [0.25, 0.3) is 6.08 Å². The maximum absolute atomic E-state index is 5.87. The lowest BCUT2D eigenvalue weighted by molar-refractivity contribution is 0.327. The normalized spacial score (nSPS) is 21.8. The van der Waals surface area contributed by atoms with Gasteiger partial charge in [0.2, 0.25) is 0 Å². The van der Waals surface area contributed by atoms with Crippen molar-refractivity contribution < 1.29 is 0 Å². The Morgan fingerprint density at radius 1 is 1.40 bits per heavy atom. The SMILES string of the molecule is C=Cc1ccc(CN2CC[C@H](N)C2)cc1. The summed E-state index contributed by atoms with van der Waals surface area (Å²) in [5.74, 6) is 0. The van der Waals surface area contributed by atoms with Crippen LogP contribution in [-0.2, 0) is 6.54 Å². The molecule has 1 aliphatic rings. The minimum Gasteiger partial charge on any atom is -0.326 e. The summed E-state index contributed by atoms with van der Waals surface area (Å²) >= 11 is 0. The van der Waals surface area contributed by atoms with Gasteiger partial charge in [0.25, 0.3) is 0 Å². The number of nitrogens with two attached hydrogens (primary N) is 1. The van der Waals surface area contributed by atoms with E-state index in [0.29, 0.717) is 6.04 Å². The predicted molar refractivity (Wildman–Crippen MR) is 64.4 cm³/mol. The lowest BCUT2D eigenvalue weighted by Gasteiger charge is -2.15. The van der Waals surface area contributed by atoms with Crippen LogP contribution in [0.1, 0.15) is 17.5 Å². The molecule has 2 N–H and O–H groups in total. The van der Waals surface area contributed by atoms with E-state index in [-0.39, 0.29) is 0 Å². The molecule has 0 aliphatic carbocycles. The standard InChI is InChI=1S/C13H18N2/c1-2-11-3-5-12(6-4-11)9-15-8-7-13(14)10-15/h2-6,13H,1,7-10,14H2/t13-/m0/s1. The highest BCUT2D eigenvalue weighted by molar-refractivity contribution is 5.47. The third kappa shape index (κ3) is 2.67. The summed E-state index contributed by atoms with van der Waals surface area (Å²) in [5, 5.41) is 0. The third-order valence-electron chi connectivity index (χ3n) is 2.93. The van der Waals surface area contributed by atoms with E-state index < -0.39 is 0 Å². The van der Waals surface area contributed by atoms with Gasteiger partial charge < -0.3 is 5.73 Å². The van der Waals surface area contributed by atoms with Crippen LogP contribution >= 0.6 is 0 Å². The van der Waals surface area contributed by atoms with Crippen LogP contribution in [0.15, 0.2) is 30.8 Å². The van der Waals surface area contributed by atoms with Gasteiger partial charge >= 0.3 is 0 Å². The summed E-state index contributed by atoms with van der Waals surface area (Å²) in [6.45, 7) is 6.93. The molecule has 0 unspecified atom stereocenters. The molecule has 1 fully saturated rings. The fourth-order valence-corrected chi connectivity index (χ4v) is 2.02. The highest BCUT2D eigenvalue weighted by atomic mass is 15.2. The molecule has 0 radical (unpaired) electrons. The Morgan fingerprint density at radius 3 is 2.67 bits per heavy atom. The molecule has 0 spiro atoms. The number of benzene rings is 1. The van der Waals surface area contributed by atoms with Gasteiger partial charge in [-0.1, -0.05) is 36.9 Å². The molecule has 0 saturated carbocycles. The van der Waals surface area contributed by atoms with Crippen molar-refractivity contribution in [1.82, 2.24) is 4.90 Å². The summed E-state index contributed by atoms with van der Waals surface area (Å²) in [6, 6.07) is 8.93. The summed E-state index contributed by atoms with van der Waals surface area (Å²) < 4.78 is 0. The van der Waals surface area contributed by atoms with Crippen molar-refractivity contribution >= 4 is 6.08 Å². The van der Waals surface area contributed by atoms with Crippen LogP contribution in [0.2, 0.25) is 0 Å². The molecule has 0 aromatic heterocycles. The molecule has 2 nitrogen and oxygen atoms in total. The van der Waals surface area contributed by atoms with Gasteiger partial charge in [0.05, 0.1) is 0 Å². The molecule has 1 aromatic rings. The van der Waals surface area contributed by atoms with Gasteiger partial charge in [0.15, 0.2) is 0 Å². The summed E-state index contributed by atoms with van der Waals surface area (Å²) in [5.41, 5.74) is 8.40. The second-order valence-corrected chi connectivity index (χ2v) is 4.23. The maximum atomic E-state index is 5.87. The smallest absolute Gasteiger partial charge is 0.0234 e. The number of likely N-dealkylation sites (tertiary alicyclic amines) is 1. The molecule has 1 saturated heterocycles. The quantitative estimate of drug-likeness (QED) is 0.810. The molecule has 80 valence electrons. The minimum atomic E-state index is 0.373. The Hall–Kier alpha value is -1.12. The monoisotopic (exact) mass is 202 g/mol. The van der Waals surface area contributed by atoms with Gasteiger partial charge in [0.1, 0.15) is 0 Å². The fraction of sp³-hybridized carbons (Fsp3) is 0.385. The highest BCUT2D eigenvalue weighted by Gasteiger charge is 2.18. The van der Waals surface area contributed by atoms with Crippen LogP contribution in [0.4, 0.5) is 0 Å². The van der Waals surface area contributed by atoms with Gasteiger partial charge in [0, 0.05) is 25.7 Å². The maximum Gasteiger partial charge on any atom is 0.0234 e. The Kier molecular flexibility index (Phi) is 3.19. The molecule has 15 heavy (non-hydrogen) atoms. The topological polar surface area (TPSA) is 29.3 Å². The largest absolute Gasteiger partial charge is 0.326 e. The van der Waals surface area contributed by atoms with E-state index >= 15 is 0 Å². The summed E-state index contributed by atoms with van der Waals surface area (Å²) in [6.07, 6.45) is 3.00. The van der Waals surface area contributed by atoms with E-state index in [4.69, 9.17) is 5.73 Å². The van der Waals surface area contributed by atoms with Crippen LogP contribution in [-0.4, -0.2) is 24.0 Å². The van der Waals surface area contributed by atoms with Gasteiger partial charge in [-0.25, -0.2) is 0 Å². The first-order valence-corrected chi connectivity index (χ1v) is 5.47. The Bertz CT molecular complexity index is 329. The van der Waals surface area contributed by atoms with Crippen molar-refractivity contribution in [2.75, 3.05) is 13.1 Å². The van der Waals surface area contributed by atoms with Crippen molar-refractivity contribution in [2.24, 2.45) is 5.73 Å². The van der Waals surface area contributed by atoms with E-state index in [9.17, 15) is 0 Å². The Labute approximate surface area is 91.4 Å².